The van der Waals surface area contributed by atoms with E-state index in [0.717, 1.165) is 25.4 Å². The van der Waals surface area contributed by atoms with Gasteiger partial charge in [0.1, 0.15) is 5.75 Å². The molecule has 1 unspecified atom stereocenters. The van der Waals surface area contributed by atoms with E-state index >= 15 is 0 Å². The van der Waals surface area contributed by atoms with Crippen LogP contribution in [0.3, 0.4) is 0 Å². The van der Waals surface area contributed by atoms with E-state index in [4.69, 9.17) is 9.47 Å². The molecule has 2 rings (SSSR count). The van der Waals surface area contributed by atoms with Gasteiger partial charge in [0, 0.05) is 6.42 Å². The van der Waals surface area contributed by atoms with Crippen molar-refractivity contribution in [3.8, 4) is 5.75 Å². The molecule has 0 saturated carbocycles. The maximum atomic E-state index is 5.35. The average molecular weight is 178 g/mol. The van der Waals surface area contributed by atoms with Gasteiger partial charge >= 0.3 is 0 Å². The summed E-state index contributed by atoms with van der Waals surface area (Å²) in [5.74, 6) is 0.947. The molecular formula is C11H14O2. The lowest BCUT2D eigenvalue weighted by Gasteiger charge is -2.03. The zero-order valence-corrected chi connectivity index (χ0v) is 7.82. The van der Waals surface area contributed by atoms with E-state index in [-0.39, 0.29) is 0 Å². The molecule has 1 aliphatic rings. The molecule has 2 heteroatoms. The Bertz CT molecular complexity index is 262. The van der Waals surface area contributed by atoms with Crippen molar-refractivity contribution in [3.05, 3.63) is 29.8 Å². The summed E-state index contributed by atoms with van der Waals surface area (Å²) in [6.07, 6.45) is 1.50. The summed E-state index contributed by atoms with van der Waals surface area (Å²) < 4.78 is 10.5. The number of hydrogen-bond donors (Lipinski definition) is 0. The lowest BCUT2D eigenvalue weighted by Crippen LogP contribution is -1.94. The van der Waals surface area contributed by atoms with Crippen LogP contribution in [0.1, 0.15) is 12.5 Å². The highest BCUT2D eigenvalue weighted by atomic mass is 16.6. The number of rotatable bonds is 4. The topological polar surface area (TPSA) is 21.8 Å². The molecule has 70 valence electrons. The molecule has 0 aliphatic carbocycles. The summed E-state index contributed by atoms with van der Waals surface area (Å²) in [7, 11) is 0. The van der Waals surface area contributed by atoms with Crippen LogP contribution in [0.4, 0.5) is 0 Å². The third-order valence-electron chi connectivity index (χ3n) is 2.10. The van der Waals surface area contributed by atoms with Crippen LogP contribution in [0.15, 0.2) is 24.3 Å². The maximum absolute atomic E-state index is 5.35. The normalized spacial score (nSPS) is 19.9. The molecule has 1 saturated heterocycles. The average Bonchev–Trinajstić information content (AvgIpc) is 2.93. The molecule has 13 heavy (non-hydrogen) atoms. The van der Waals surface area contributed by atoms with Gasteiger partial charge in [0.15, 0.2) is 0 Å². The Morgan fingerprint density at radius 2 is 2.08 bits per heavy atom. The van der Waals surface area contributed by atoms with E-state index in [2.05, 4.69) is 12.1 Å². The first kappa shape index (κ1) is 8.57. The zero-order valence-electron chi connectivity index (χ0n) is 7.82. The highest BCUT2D eigenvalue weighted by Crippen LogP contribution is 2.18. The van der Waals surface area contributed by atoms with Crippen LogP contribution in [0, 0.1) is 0 Å². The van der Waals surface area contributed by atoms with Crippen molar-refractivity contribution in [2.45, 2.75) is 19.4 Å². The Balaban J connectivity index is 1.95. The van der Waals surface area contributed by atoms with Gasteiger partial charge in [-0.3, -0.25) is 0 Å². The minimum Gasteiger partial charge on any atom is -0.494 e. The lowest BCUT2D eigenvalue weighted by atomic mass is 10.1. The summed E-state index contributed by atoms with van der Waals surface area (Å²) in [4.78, 5) is 0. The van der Waals surface area contributed by atoms with Crippen molar-refractivity contribution in [3.63, 3.8) is 0 Å². The number of ether oxygens (including phenoxy) is 2. The van der Waals surface area contributed by atoms with E-state index in [1.54, 1.807) is 0 Å². The van der Waals surface area contributed by atoms with Crippen molar-refractivity contribution in [1.29, 1.82) is 0 Å². The van der Waals surface area contributed by atoms with Gasteiger partial charge in [0.05, 0.1) is 19.3 Å². The molecule has 1 aliphatic heterocycles. The second-order valence-corrected chi connectivity index (χ2v) is 3.24. The Morgan fingerprint density at radius 1 is 1.38 bits per heavy atom. The van der Waals surface area contributed by atoms with E-state index in [0.29, 0.717) is 6.10 Å². The molecule has 0 spiro atoms. The monoisotopic (exact) mass is 178 g/mol. The predicted octanol–water partition coefficient (Wildman–Crippen LogP) is 2.03. The molecule has 1 fully saturated rings. The van der Waals surface area contributed by atoms with Gasteiger partial charge in [-0.25, -0.2) is 0 Å². The first-order valence-corrected chi connectivity index (χ1v) is 4.72. The van der Waals surface area contributed by atoms with Gasteiger partial charge in [-0.15, -0.1) is 0 Å². The van der Waals surface area contributed by atoms with Gasteiger partial charge in [-0.1, -0.05) is 12.1 Å². The first-order valence-electron chi connectivity index (χ1n) is 4.72. The summed E-state index contributed by atoms with van der Waals surface area (Å²) in [5.41, 5.74) is 1.32. The molecule has 1 heterocycles. The minimum absolute atomic E-state index is 0.470. The number of epoxide rings is 1. The van der Waals surface area contributed by atoms with Crippen LogP contribution in [-0.2, 0) is 11.2 Å². The molecule has 0 radical (unpaired) electrons. The van der Waals surface area contributed by atoms with Crippen LogP contribution >= 0.6 is 0 Å². The van der Waals surface area contributed by atoms with E-state index in [9.17, 15) is 0 Å². The van der Waals surface area contributed by atoms with Crippen LogP contribution in [0.5, 0.6) is 5.75 Å². The van der Waals surface area contributed by atoms with E-state index < -0.39 is 0 Å². The van der Waals surface area contributed by atoms with Crippen LogP contribution in [-0.4, -0.2) is 19.3 Å². The highest BCUT2D eigenvalue weighted by Gasteiger charge is 2.22. The molecule has 1 atom stereocenters. The first-order chi connectivity index (χ1) is 6.38. The Labute approximate surface area is 78.5 Å². The van der Waals surface area contributed by atoms with Crippen LogP contribution < -0.4 is 4.74 Å². The smallest absolute Gasteiger partial charge is 0.119 e. The second-order valence-electron chi connectivity index (χ2n) is 3.24. The Kier molecular flexibility index (Phi) is 2.50. The fourth-order valence-corrected chi connectivity index (χ4v) is 1.34. The van der Waals surface area contributed by atoms with Gasteiger partial charge in [0.25, 0.3) is 0 Å². The van der Waals surface area contributed by atoms with Crippen molar-refractivity contribution >= 4 is 0 Å². The third-order valence-corrected chi connectivity index (χ3v) is 2.10. The maximum Gasteiger partial charge on any atom is 0.119 e. The zero-order chi connectivity index (χ0) is 9.10. The van der Waals surface area contributed by atoms with Gasteiger partial charge in [0.2, 0.25) is 0 Å². The minimum atomic E-state index is 0.470. The summed E-state index contributed by atoms with van der Waals surface area (Å²) in [6.45, 7) is 3.64. The van der Waals surface area contributed by atoms with Gasteiger partial charge in [-0.05, 0) is 24.6 Å². The molecular weight excluding hydrogens is 164 g/mol. The van der Waals surface area contributed by atoms with Gasteiger partial charge < -0.3 is 9.47 Å². The van der Waals surface area contributed by atoms with E-state index in [1.165, 1.54) is 5.56 Å². The molecule has 0 amide bonds. The molecule has 0 aromatic heterocycles. The highest BCUT2D eigenvalue weighted by molar-refractivity contribution is 5.27. The SMILES string of the molecule is CCOc1ccc(CC2CO2)cc1. The summed E-state index contributed by atoms with van der Waals surface area (Å²) >= 11 is 0. The number of benzene rings is 1. The standard InChI is InChI=1S/C11H14O2/c1-2-12-10-5-3-9(4-6-10)7-11-8-13-11/h3-6,11H,2,7-8H2,1H3. The van der Waals surface area contributed by atoms with Crippen LogP contribution in [0.25, 0.3) is 0 Å². The molecule has 0 bridgehead atoms. The molecule has 1 aromatic carbocycles. The fourth-order valence-electron chi connectivity index (χ4n) is 1.34. The van der Waals surface area contributed by atoms with Crippen molar-refractivity contribution in [2.24, 2.45) is 0 Å². The largest absolute Gasteiger partial charge is 0.494 e. The summed E-state index contributed by atoms with van der Waals surface area (Å²) in [6, 6.07) is 8.24. The molecule has 0 N–H and O–H groups in total. The molecule has 1 aromatic rings. The van der Waals surface area contributed by atoms with Crippen molar-refractivity contribution < 1.29 is 9.47 Å². The molecule has 2 nitrogen and oxygen atoms in total. The van der Waals surface area contributed by atoms with E-state index in [1.807, 2.05) is 19.1 Å². The van der Waals surface area contributed by atoms with Crippen molar-refractivity contribution in [1.82, 2.24) is 0 Å². The van der Waals surface area contributed by atoms with Gasteiger partial charge in [-0.2, -0.15) is 0 Å². The summed E-state index contributed by atoms with van der Waals surface area (Å²) in [5, 5.41) is 0. The second kappa shape index (κ2) is 3.79. The van der Waals surface area contributed by atoms with Crippen LogP contribution in [0.2, 0.25) is 0 Å². The Morgan fingerprint density at radius 3 is 2.62 bits per heavy atom. The predicted molar refractivity (Wildman–Crippen MR) is 51.1 cm³/mol. The lowest BCUT2D eigenvalue weighted by molar-refractivity contribution is 0.340. The third kappa shape index (κ3) is 2.46. The quantitative estimate of drug-likeness (QED) is 0.658. The Hall–Kier alpha value is -1.02. The number of hydrogen-bond acceptors (Lipinski definition) is 2. The van der Waals surface area contributed by atoms with Crippen molar-refractivity contribution in [2.75, 3.05) is 13.2 Å². The fraction of sp³-hybridized carbons (Fsp3) is 0.455.